The Bertz CT molecular complexity index is 640. The number of rotatable bonds is 4. The molecule has 3 N–H and O–H groups in total. The van der Waals surface area contributed by atoms with E-state index in [-0.39, 0.29) is 12.0 Å². The number of guanidine groups is 1. The van der Waals surface area contributed by atoms with Gasteiger partial charge in [0.15, 0.2) is 5.96 Å². The minimum Gasteiger partial charge on any atom is -0.495 e. The number of para-hydroxylation sites is 2. The van der Waals surface area contributed by atoms with Crippen LogP contribution in [0.1, 0.15) is 33.6 Å². The van der Waals surface area contributed by atoms with Gasteiger partial charge in [-0.3, -0.25) is 4.99 Å². The van der Waals surface area contributed by atoms with E-state index in [1.54, 1.807) is 12.0 Å². The number of benzene rings is 1. The van der Waals surface area contributed by atoms with E-state index in [0.29, 0.717) is 24.8 Å². The SMILES string of the molecule is COc1ccccc1NC(N)=NCC1CCCN(C(=O)OC(C)(C)C)C1. The molecule has 0 aliphatic carbocycles. The Hall–Kier alpha value is -2.44. The third-order valence-electron chi connectivity index (χ3n) is 4.06. The molecule has 26 heavy (non-hydrogen) atoms. The quantitative estimate of drug-likeness (QED) is 0.635. The van der Waals surface area contributed by atoms with E-state index in [1.165, 1.54) is 0 Å². The van der Waals surface area contributed by atoms with Crippen LogP contribution in [0.25, 0.3) is 0 Å². The Morgan fingerprint density at radius 3 is 2.81 bits per heavy atom. The first-order valence-corrected chi connectivity index (χ1v) is 8.96. The zero-order valence-electron chi connectivity index (χ0n) is 16.1. The summed E-state index contributed by atoms with van der Waals surface area (Å²) in [5, 5.41) is 3.06. The molecular formula is C19H30N4O3. The van der Waals surface area contributed by atoms with Crippen LogP contribution in [0.4, 0.5) is 10.5 Å². The highest BCUT2D eigenvalue weighted by Gasteiger charge is 2.27. The molecule has 1 fully saturated rings. The zero-order chi connectivity index (χ0) is 19.2. The average molecular weight is 362 g/mol. The number of carbonyl (C=O) groups excluding carboxylic acids is 1. The Morgan fingerprint density at radius 2 is 2.12 bits per heavy atom. The molecule has 7 nitrogen and oxygen atoms in total. The van der Waals surface area contributed by atoms with Crippen LogP contribution in [0, 0.1) is 5.92 Å². The first-order valence-electron chi connectivity index (χ1n) is 8.96. The Kier molecular flexibility index (Phi) is 6.71. The van der Waals surface area contributed by atoms with Crippen molar-refractivity contribution in [3.8, 4) is 5.75 Å². The van der Waals surface area contributed by atoms with Crippen LogP contribution >= 0.6 is 0 Å². The molecule has 1 saturated heterocycles. The third kappa shape index (κ3) is 6.13. The van der Waals surface area contributed by atoms with Gasteiger partial charge in [0.05, 0.1) is 12.8 Å². The monoisotopic (exact) mass is 362 g/mol. The maximum atomic E-state index is 12.2. The van der Waals surface area contributed by atoms with Gasteiger partial charge in [0.1, 0.15) is 11.4 Å². The van der Waals surface area contributed by atoms with Crippen LogP contribution in [0.15, 0.2) is 29.3 Å². The van der Waals surface area contributed by atoms with Crippen molar-refractivity contribution in [3.63, 3.8) is 0 Å². The second-order valence-corrected chi connectivity index (χ2v) is 7.49. The second-order valence-electron chi connectivity index (χ2n) is 7.49. The van der Waals surface area contributed by atoms with E-state index in [1.807, 2.05) is 45.0 Å². The number of nitrogens with zero attached hydrogens (tertiary/aromatic N) is 2. The number of hydrogen-bond donors (Lipinski definition) is 2. The lowest BCUT2D eigenvalue weighted by atomic mass is 9.98. The molecule has 144 valence electrons. The summed E-state index contributed by atoms with van der Waals surface area (Å²) in [7, 11) is 1.61. The number of amides is 1. The summed E-state index contributed by atoms with van der Waals surface area (Å²) in [6.07, 6.45) is 1.70. The zero-order valence-corrected chi connectivity index (χ0v) is 16.1. The number of ether oxygens (including phenoxy) is 2. The molecule has 0 saturated carbocycles. The molecule has 0 spiro atoms. The highest BCUT2D eigenvalue weighted by atomic mass is 16.6. The molecule has 1 unspecified atom stereocenters. The predicted molar refractivity (Wildman–Crippen MR) is 104 cm³/mol. The standard InChI is InChI=1S/C19H30N4O3/c1-19(2,3)26-18(24)23-11-7-8-14(13-23)12-21-17(20)22-15-9-5-6-10-16(15)25-4/h5-6,9-10,14H,7-8,11-13H2,1-4H3,(H3,20,21,22). The molecule has 2 rings (SSSR count). The molecule has 1 aliphatic rings. The number of piperidine rings is 1. The van der Waals surface area contributed by atoms with Crippen molar-refractivity contribution in [1.82, 2.24) is 4.90 Å². The summed E-state index contributed by atoms with van der Waals surface area (Å²) in [5.41, 5.74) is 6.29. The van der Waals surface area contributed by atoms with E-state index in [9.17, 15) is 4.79 Å². The molecule has 0 aromatic heterocycles. The van der Waals surface area contributed by atoms with Crippen LogP contribution in [0.3, 0.4) is 0 Å². The van der Waals surface area contributed by atoms with E-state index < -0.39 is 5.60 Å². The molecule has 0 bridgehead atoms. The van der Waals surface area contributed by atoms with Gasteiger partial charge >= 0.3 is 6.09 Å². The van der Waals surface area contributed by atoms with Crippen LogP contribution in [0.2, 0.25) is 0 Å². The fraction of sp³-hybridized carbons (Fsp3) is 0.579. The van der Waals surface area contributed by atoms with Gasteiger partial charge < -0.3 is 25.4 Å². The van der Waals surface area contributed by atoms with Crippen molar-refractivity contribution >= 4 is 17.7 Å². The third-order valence-corrected chi connectivity index (χ3v) is 4.06. The van der Waals surface area contributed by atoms with Gasteiger partial charge in [0.25, 0.3) is 0 Å². The summed E-state index contributed by atoms with van der Waals surface area (Å²) in [6, 6.07) is 7.53. The average Bonchev–Trinajstić information content (AvgIpc) is 2.59. The van der Waals surface area contributed by atoms with Crippen molar-refractivity contribution in [3.05, 3.63) is 24.3 Å². The first-order chi connectivity index (χ1) is 12.3. The van der Waals surface area contributed by atoms with Gasteiger partial charge in [0, 0.05) is 19.6 Å². The smallest absolute Gasteiger partial charge is 0.410 e. The van der Waals surface area contributed by atoms with Gasteiger partial charge in [-0.1, -0.05) is 12.1 Å². The second kappa shape index (κ2) is 8.78. The normalized spacial score (nSPS) is 18.4. The van der Waals surface area contributed by atoms with E-state index in [2.05, 4.69) is 10.3 Å². The maximum absolute atomic E-state index is 12.2. The number of methoxy groups -OCH3 is 1. The first kappa shape index (κ1) is 19.9. The highest BCUT2D eigenvalue weighted by molar-refractivity contribution is 5.93. The highest BCUT2D eigenvalue weighted by Crippen LogP contribution is 2.23. The largest absolute Gasteiger partial charge is 0.495 e. The van der Waals surface area contributed by atoms with Crippen molar-refractivity contribution in [2.75, 3.05) is 32.1 Å². The van der Waals surface area contributed by atoms with Crippen molar-refractivity contribution < 1.29 is 14.3 Å². The number of aliphatic imine (C=N–C) groups is 1. The van der Waals surface area contributed by atoms with Gasteiger partial charge in [-0.05, 0) is 51.7 Å². The molecule has 1 amide bonds. The number of likely N-dealkylation sites (tertiary alicyclic amines) is 1. The van der Waals surface area contributed by atoms with Gasteiger partial charge in [-0.15, -0.1) is 0 Å². The summed E-state index contributed by atoms with van der Waals surface area (Å²) in [5.74, 6) is 1.32. The van der Waals surface area contributed by atoms with E-state index in [0.717, 1.165) is 25.1 Å². The number of anilines is 1. The molecule has 1 heterocycles. The van der Waals surface area contributed by atoms with Gasteiger partial charge in [0.2, 0.25) is 0 Å². The van der Waals surface area contributed by atoms with Crippen molar-refractivity contribution in [2.45, 2.75) is 39.2 Å². The number of nitrogens with two attached hydrogens (primary N) is 1. The Labute approximate surface area is 155 Å². The summed E-state index contributed by atoms with van der Waals surface area (Å²) >= 11 is 0. The lowest BCUT2D eigenvalue weighted by molar-refractivity contribution is 0.0171. The lowest BCUT2D eigenvalue weighted by Crippen LogP contribution is -2.43. The topological polar surface area (TPSA) is 89.2 Å². The molecular weight excluding hydrogens is 332 g/mol. The van der Waals surface area contributed by atoms with E-state index in [4.69, 9.17) is 15.2 Å². The number of carbonyl (C=O) groups is 1. The summed E-state index contributed by atoms with van der Waals surface area (Å²) in [6.45, 7) is 7.56. The number of nitrogens with one attached hydrogen (secondary N) is 1. The Morgan fingerprint density at radius 1 is 1.38 bits per heavy atom. The van der Waals surface area contributed by atoms with E-state index >= 15 is 0 Å². The van der Waals surface area contributed by atoms with Crippen molar-refractivity contribution in [1.29, 1.82) is 0 Å². The molecule has 1 aliphatic heterocycles. The van der Waals surface area contributed by atoms with Gasteiger partial charge in [-0.2, -0.15) is 0 Å². The summed E-state index contributed by atoms with van der Waals surface area (Å²) in [4.78, 5) is 18.4. The maximum Gasteiger partial charge on any atom is 0.410 e. The molecule has 7 heteroatoms. The van der Waals surface area contributed by atoms with Crippen molar-refractivity contribution in [2.24, 2.45) is 16.6 Å². The number of hydrogen-bond acceptors (Lipinski definition) is 4. The van der Waals surface area contributed by atoms with Crippen LogP contribution in [0.5, 0.6) is 5.75 Å². The fourth-order valence-corrected chi connectivity index (χ4v) is 2.86. The lowest BCUT2D eigenvalue weighted by Gasteiger charge is -2.33. The predicted octanol–water partition coefficient (Wildman–Crippen LogP) is 3.07. The van der Waals surface area contributed by atoms with Gasteiger partial charge in [-0.25, -0.2) is 4.79 Å². The fourth-order valence-electron chi connectivity index (χ4n) is 2.86. The molecule has 0 radical (unpaired) electrons. The summed E-state index contributed by atoms with van der Waals surface area (Å²) < 4.78 is 10.7. The minimum absolute atomic E-state index is 0.258. The van der Waals surface area contributed by atoms with Crippen LogP contribution in [-0.2, 0) is 4.74 Å². The molecule has 1 atom stereocenters. The van der Waals surface area contributed by atoms with Crippen LogP contribution in [-0.4, -0.2) is 49.3 Å². The van der Waals surface area contributed by atoms with Crippen LogP contribution < -0.4 is 15.8 Å². The Balaban J connectivity index is 1.89. The minimum atomic E-state index is -0.481. The molecule has 1 aromatic rings. The molecule has 1 aromatic carbocycles.